The monoisotopic (exact) mass is 618 g/mol. The molecule has 0 spiro atoms. The minimum atomic E-state index is -4.86. The molecular weight excluding hydrogens is 589 g/mol. The number of rotatable bonds is 10. The summed E-state index contributed by atoms with van der Waals surface area (Å²) in [4.78, 5) is 27.2. The van der Waals surface area contributed by atoms with Crippen molar-refractivity contribution in [1.29, 1.82) is 0 Å². The number of hydrogen-bond acceptors (Lipinski definition) is 7. The molecule has 228 valence electrons. The molecule has 3 aromatic carbocycles. The van der Waals surface area contributed by atoms with E-state index in [-0.39, 0.29) is 30.3 Å². The number of esters is 1. The van der Waals surface area contributed by atoms with Crippen molar-refractivity contribution in [2.45, 2.75) is 31.7 Å². The van der Waals surface area contributed by atoms with Crippen molar-refractivity contribution in [3.63, 3.8) is 0 Å². The molecule has 12 heteroatoms. The Labute approximate surface area is 251 Å². The minimum absolute atomic E-state index is 0.112. The number of benzene rings is 3. The summed E-state index contributed by atoms with van der Waals surface area (Å²) in [7, 11) is 2.89. The van der Waals surface area contributed by atoms with Crippen LogP contribution in [0.2, 0.25) is 5.02 Å². The normalized spacial score (nSPS) is 18.2. The Morgan fingerprint density at radius 1 is 1.00 bits per heavy atom. The second-order valence-corrected chi connectivity index (χ2v) is 10.9. The van der Waals surface area contributed by atoms with E-state index in [4.69, 9.17) is 25.8 Å². The summed E-state index contributed by atoms with van der Waals surface area (Å²) in [5, 5.41) is 3.75. The third-order valence-electron chi connectivity index (χ3n) is 7.58. The molecule has 1 aliphatic carbocycles. The van der Waals surface area contributed by atoms with Crippen molar-refractivity contribution in [2.24, 2.45) is 11.8 Å². The third-order valence-corrected chi connectivity index (χ3v) is 7.84. The van der Waals surface area contributed by atoms with Crippen LogP contribution in [0.4, 0.5) is 24.5 Å². The van der Waals surface area contributed by atoms with Crippen LogP contribution in [0.5, 0.6) is 17.2 Å². The smallest absolute Gasteiger partial charge is 0.497 e. The molecule has 43 heavy (non-hydrogen) atoms. The number of carbonyl (C=O) groups excluding carboxylic acids is 2. The zero-order valence-electron chi connectivity index (χ0n) is 23.4. The number of methoxy groups -OCH3 is 2. The van der Waals surface area contributed by atoms with Gasteiger partial charge in [-0.2, -0.15) is 0 Å². The molecular formula is C31H30ClF3N2O6. The van der Waals surface area contributed by atoms with Gasteiger partial charge in [-0.1, -0.05) is 29.8 Å². The van der Waals surface area contributed by atoms with Gasteiger partial charge in [0.1, 0.15) is 23.3 Å². The largest absolute Gasteiger partial charge is 0.573 e. The van der Waals surface area contributed by atoms with Crippen molar-refractivity contribution in [2.75, 3.05) is 37.6 Å². The average Bonchev–Trinajstić information content (AvgIpc) is 3.37. The lowest BCUT2D eigenvalue weighted by molar-refractivity contribution is -0.274. The minimum Gasteiger partial charge on any atom is -0.497 e. The predicted molar refractivity (Wildman–Crippen MR) is 154 cm³/mol. The number of hydrogen-bond donors (Lipinski definition) is 1. The summed E-state index contributed by atoms with van der Waals surface area (Å²) in [5.74, 6) is 0.0945. The zero-order valence-corrected chi connectivity index (χ0v) is 24.2. The van der Waals surface area contributed by atoms with Gasteiger partial charge in [-0.15, -0.1) is 13.2 Å². The molecule has 1 amide bonds. The molecule has 0 saturated heterocycles. The maximum atomic E-state index is 14.1. The summed E-state index contributed by atoms with van der Waals surface area (Å²) < 4.78 is 59.1. The van der Waals surface area contributed by atoms with Crippen molar-refractivity contribution in [1.82, 2.24) is 0 Å². The van der Waals surface area contributed by atoms with Crippen LogP contribution in [-0.2, 0) is 20.7 Å². The fourth-order valence-corrected chi connectivity index (χ4v) is 5.48. The lowest BCUT2D eigenvalue weighted by atomic mass is 9.75. The standard InChI is InChI=1S/C31H30ClF3N2O6/c1-40-25-13-23(14-26(15-25)42-17-18-11-21(12-18)30(39)41-2)36-28(20-3-6-22(32)7-4-20)29(38)37-10-9-19-5-8-24(16-27(19)37)43-31(33,34)35/h3-8,13-16,18,21,28,36H,9-12,17H2,1-2H3/t18?,21?,28-/m0/s1. The molecule has 8 nitrogen and oxygen atoms in total. The van der Waals surface area contributed by atoms with Crippen LogP contribution in [0.1, 0.15) is 30.0 Å². The van der Waals surface area contributed by atoms with Gasteiger partial charge in [0.2, 0.25) is 0 Å². The van der Waals surface area contributed by atoms with Gasteiger partial charge in [-0.05, 0) is 54.5 Å². The quantitative estimate of drug-likeness (QED) is 0.257. The summed E-state index contributed by atoms with van der Waals surface area (Å²) >= 11 is 6.11. The van der Waals surface area contributed by atoms with Gasteiger partial charge in [-0.25, -0.2) is 0 Å². The molecule has 0 unspecified atom stereocenters. The van der Waals surface area contributed by atoms with E-state index < -0.39 is 18.2 Å². The van der Waals surface area contributed by atoms with Crippen LogP contribution in [0.15, 0.2) is 60.7 Å². The van der Waals surface area contributed by atoms with Gasteiger partial charge >= 0.3 is 12.3 Å². The summed E-state index contributed by atoms with van der Waals surface area (Å²) in [6.45, 7) is 0.683. The SMILES string of the molecule is COC(=O)C1CC(COc2cc(N[C@H](C(=O)N3CCc4ccc(OC(F)(F)F)cc43)c3ccc(Cl)cc3)cc(OC)c2)C1. The fourth-order valence-electron chi connectivity index (χ4n) is 5.35. The maximum Gasteiger partial charge on any atom is 0.573 e. The highest BCUT2D eigenvalue weighted by Crippen LogP contribution is 2.38. The Hall–Kier alpha value is -4.12. The second-order valence-electron chi connectivity index (χ2n) is 10.5. The third kappa shape index (κ3) is 7.27. The molecule has 3 aromatic rings. The molecule has 0 aromatic heterocycles. The Balaban J connectivity index is 1.38. The number of nitrogens with one attached hydrogen (secondary N) is 1. The molecule has 1 saturated carbocycles. The Kier molecular flexibility index (Phi) is 8.91. The molecule has 1 atom stereocenters. The molecule has 1 aliphatic heterocycles. The fraction of sp³-hybridized carbons (Fsp3) is 0.355. The van der Waals surface area contributed by atoms with Crippen molar-refractivity contribution in [3.05, 3.63) is 76.8 Å². The zero-order chi connectivity index (χ0) is 30.7. The Morgan fingerprint density at radius 3 is 2.40 bits per heavy atom. The Morgan fingerprint density at radius 2 is 1.72 bits per heavy atom. The number of nitrogens with zero attached hydrogens (tertiary/aromatic N) is 1. The number of anilines is 2. The maximum absolute atomic E-state index is 14.1. The molecule has 5 rings (SSSR count). The lowest BCUT2D eigenvalue weighted by Crippen LogP contribution is -2.37. The van der Waals surface area contributed by atoms with Gasteiger partial charge in [0.15, 0.2) is 0 Å². The van der Waals surface area contributed by atoms with E-state index in [2.05, 4.69) is 10.1 Å². The second kappa shape index (κ2) is 12.6. The van der Waals surface area contributed by atoms with E-state index in [1.165, 1.54) is 37.3 Å². The van der Waals surface area contributed by atoms with E-state index in [1.54, 1.807) is 42.5 Å². The number of carbonyl (C=O) groups is 2. The molecule has 1 heterocycles. The molecule has 0 radical (unpaired) electrons. The van der Waals surface area contributed by atoms with Crippen LogP contribution >= 0.6 is 11.6 Å². The van der Waals surface area contributed by atoms with Crippen LogP contribution in [0.3, 0.4) is 0 Å². The number of halogens is 4. The summed E-state index contributed by atoms with van der Waals surface area (Å²) in [5.41, 5.74) is 2.21. The topological polar surface area (TPSA) is 86.3 Å². The van der Waals surface area contributed by atoms with Crippen LogP contribution in [0, 0.1) is 11.8 Å². The van der Waals surface area contributed by atoms with Crippen molar-refractivity contribution < 1.29 is 41.7 Å². The van der Waals surface area contributed by atoms with Crippen molar-refractivity contribution >= 4 is 34.9 Å². The van der Waals surface area contributed by atoms with Gasteiger partial charge in [0.25, 0.3) is 5.91 Å². The molecule has 1 N–H and O–H groups in total. The van der Waals surface area contributed by atoms with E-state index in [1.807, 2.05) is 0 Å². The molecule has 2 aliphatic rings. The van der Waals surface area contributed by atoms with E-state index in [0.29, 0.717) is 59.3 Å². The van der Waals surface area contributed by atoms with Gasteiger partial charge in [0, 0.05) is 41.5 Å². The van der Waals surface area contributed by atoms with Crippen LogP contribution < -0.4 is 24.4 Å². The summed E-state index contributed by atoms with van der Waals surface area (Å²) in [6, 6.07) is 15.0. The van der Waals surface area contributed by atoms with E-state index in [0.717, 1.165) is 5.56 Å². The number of ether oxygens (including phenoxy) is 4. The van der Waals surface area contributed by atoms with Crippen LogP contribution in [0.25, 0.3) is 0 Å². The first-order valence-electron chi connectivity index (χ1n) is 13.6. The van der Waals surface area contributed by atoms with Crippen LogP contribution in [-0.4, -0.2) is 45.6 Å². The highest BCUT2D eigenvalue weighted by Gasteiger charge is 2.36. The summed E-state index contributed by atoms with van der Waals surface area (Å²) in [6.07, 6.45) is -3.01. The number of amides is 1. The Bertz CT molecular complexity index is 1480. The number of alkyl halides is 3. The van der Waals surface area contributed by atoms with Gasteiger partial charge in [-0.3, -0.25) is 9.59 Å². The van der Waals surface area contributed by atoms with Gasteiger partial charge < -0.3 is 29.2 Å². The first-order chi connectivity index (χ1) is 20.5. The predicted octanol–water partition coefficient (Wildman–Crippen LogP) is 6.57. The first kappa shape index (κ1) is 30.3. The lowest BCUT2D eigenvalue weighted by Gasteiger charge is -2.33. The number of fused-ring (bicyclic) bond motifs is 1. The first-order valence-corrected chi connectivity index (χ1v) is 14.0. The average molecular weight is 619 g/mol. The van der Waals surface area contributed by atoms with E-state index >= 15 is 0 Å². The van der Waals surface area contributed by atoms with Crippen molar-refractivity contribution in [3.8, 4) is 17.2 Å². The van der Waals surface area contributed by atoms with E-state index in [9.17, 15) is 22.8 Å². The molecule has 1 fully saturated rings. The highest BCUT2D eigenvalue weighted by atomic mass is 35.5. The highest BCUT2D eigenvalue weighted by molar-refractivity contribution is 6.30. The van der Waals surface area contributed by atoms with Gasteiger partial charge in [0.05, 0.1) is 32.4 Å². The molecule has 0 bridgehead atoms.